The van der Waals surface area contributed by atoms with Crippen molar-refractivity contribution in [2.45, 2.75) is 56.5 Å². The zero-order valence-corrected chi connectivity index (χ0v) is 23.8. The maximum atomic E-state index is 10.8. The maximum Gasteiger partial charge on any atom is 0.261 e. The van der Waals surface area contributed by atoms with Crippen LogP contribution in [0.2, 0.25) is 5.04 Å². The molecule has 1 aliphatic heterocycles. The topological polar surface area (TPSA) is 88.4 Å². The van der Waals surface area contributed by atoms with Crippen LogP contribution in [0.15, 0.2) is 84.9 Å². The van der Waals surface area contributed by atoms with Gasteiger partial charge in [0.1, 0.15) is 30.2 Å². The summed E-state index contributed by atoms with van der Waals surface area (Å²) in [5.74, 6) is 0.495. The lowest BCUT2D eigenvalue weighted by Crippen LogP contribution is -2.68. The SMILES string of the molecule is CC(C)(C)[Si](OC[C@H]1O[C@H](Oc2ccc(I)cc2)[C@@H](O)[C@@H](O)[C@@H]1O)(c1ccccc1)c1ccccc1. The van der Waals surface area contributed by atoms with Crippen molar-refractivity contribution in [1.29, 1.82) is 0 Å². The van der Waals surface area contributed by atoms with Crippen molar-refractivity contribution < 1.29 is 29.2 Å². The van der Waals surface area contributed by atoms with Crippen LogP contribution in [-0.2, 0) is 9.16 Å². The number of hydrogen-bond donors (Lipinski definition) is 3. The van der Waals surface area contributed by atoms with E-state index >= 15 is 0 Å². The molecule has 0 aromatic heterocycles. The molecule has 3 N–H and O–H groups in total. The number of benzene rings is 3. The van der Waals surface area contributed by atoms with Crippen molar-refractivity contribution >= 4 is 41.3 Å². The number of aliphatic hydroxyl groups excluding tert-OH is 3. The van der Waals surface area contributed by atoms with Gasteiger partial charge in [0.05, 0.1) is 6.61 Å². The molecule has 0 unspecified atom stereocenters. The Morgan fingerprint density at radius 3 is 1.81 bits per heavy atom. The molecule has 5 atom stereocenters. The number of aliphatic hydroxyl groups is 3. The van der Waals surface area contributed by atoms with Gasteiger partial charge < -0.3 is 29.2 Å². The monoisotopic (exact) mass is 620 g/mol. The Bertz CT molecular complexity index is 1070. The highest BCUT2D eigenvalue weighted by Crippen LogP contribution is 2.37. The van der Waals surface area contributed by atoms with Crippen molar-refractivity contribution in [3.05, 3.63) is 88.5 Å². The molecule has 3 aromatic rings. The van der Waals surface area contributed by atoms with Crippen LogP contribution in [0.4, 0.5) is 0 Å². The van der Waals surface area contributed by atoms with E-state index in [-0.39, 0.29) is 11.6 Å². The molecule has 0 bridgehead atoms. The molecule has 1 fully saturated rings. The lowest BCUT2D eigenvalue weighted by molar-refractivity contribution is -0.276. The van der Waals surface area contributed by atoms with Crippen LogP contribution >= 0.6 is 22.6 Å². The smallest absolute Gasteiger partial charge is 0.261 e. The van der Waals surface area contributed by atoms with Crippen molar-refractivity contribution in [1.82, 2.24) is 0 Å². The van der Waals surface area contributed by atoms with E-state index in [0.29, 0.717) is 5.75 Å². The molecule has 192 valence electrons. The van der Waals surface area contributed by atoms with Crippen LogP contribution in [0.3, 0.4) is 0 Å². The predicted octanol–water partition coefficient (Wildman–Crippen LogP) is 3.05. The molecule has 0 amide bonds. The van der Waals surface area contributed by atoms with Gasteiger partial charge in [-0.1, -0.05) is 81.4 Å². The van der Waals surface area contributed by atoms with E-state index in [9.17, 15) is 15.3 Å². The van der Waals surface area contributed by atoms with Gasteiger partial charge in [0, 0.05) is 3.57 Å². The fourth-order valence-corrected chi connectivity index (χ4v) is 9.70. The van der Waals surface area contributed by atoms with E-state index in [0.717, 1.165) is 13.9 Å². The Hall–Kier alpha value is -1.79. The van der Waals surface area contributed by atoms with E-state index in [4.69, 9.17) is 13.9 Å². The second kappa shape index (κ2) is 11.3. The van der Waals surface area contributed by atoms with Gasteiger partial charge >= 0.3 is 0 Å². The van der Waals surface area contributed by atoms with Gasteiger partial charge in [-0.2, -0.15) is 0 Å². The second-order valence-electron chi connectivity index (χ2n) is 10.1. The summed E-state index contributed by atoms with van der Waals surface area (Å²) in [7, 11) is -2.88. The van der Waals surface area contributed by atoms with Crippen LogP contribution in [0.1, 0.15) is 20.8 Å². The van der Waals surface area contributed by atoms with E-state index < -0.39 is 39.0 Å². The lowest BCUT2D eigenvalue weighted by atomic mass is 9.99. The predicted molar refractivity (Wildman–Crippen MR) is 150 cm³/mol. The quantitative estimate of drug-likeness (QED) is 0.278. The molecule has 36 heavy (non-hydrogen) atoms. The van der Waals surface area contributed by atoms with E-state index in [1.54, 1.807) is 12.1 Å². The number of rotatable bonds is 7. The molecule has 6 nitrogen and oxygen atoms in total. The normalized spacial score (nSPS) is 24.9. The molecule has 3 aromatic carbocycles. The van der Waals surface area contributed by atoms with Crippen molar-refractivity contribution in [3.8, 4) is 5.75 Å². The third-order valence-corrected chi connectivity index (χ3v) is 12.3. The van der Waals surface area contributed by atoms with Crippen LogP contribution in [0.25, 0.3) is 0 Å². The lowest BCUT2D eigenvalue weighted by Gasteiger charge is -2.45. The Morgan fingerprint density at radius 2 is 1.31 bits per heavy atom. The van der Waals surface area contributed by atoms with Crippen molar-refractivity contribution in [3.63, 3.8) is 0 Å². The number of hydrogen-bond acceptors (Lipinski definition) is 6. The van der Waals surface area contributed by atoms with Gasteiger partial charge in [-0.05, 0) is 62.3 Å². The largest absolute Gasteiger partial charge is 0.462 e. The van der Waals surface area contributed by atoms with E-state index in [2.05, 4.69) is 67.6 Å². The summed E-state index contributed by atoms with van der Waals surface area (Å²) in [4.78, 5) is 0. The van der Waals surface area contributed by atoms with Crippen LogP contribution < -0.4 is 15.1 Å². The summed E-state index contributed by atoms with van der Waals surface area (Å²) in [5, 5.41) is 33.9. The molecule has 1 saturated heterocycles. The van der Waals surface area contributed by atoms with Gasteiger partial charge in [-0.25, -0.2) is 0 Å². The number of halogens is 1. The fraction of sp³-hybridized carbons (Fsp3) is 0.357. The second-order valence-corrected chi connectivity index (χ2v) is 15.6. The Balaban J connectivity index is 1.64. The Kier molecular flexibility index (Phi) is 8.55. The first-order valence-corrected chi connectivity index (χ1v) is 15.0. The highest BCUT2D eigenvalue weighted by molar-refractivity contribution is 14.1. The van der Waals surface area contributed by atoms with Crippen LogP contribution in [-0.4, -0.2) is 60.9 Å². The number of ether oxygens (including phenoxy) is 2. The Morgan fingerprint density at radius 1 is 0.778 bits per heavy atom. The molecule has 4 rings (SSSR count). The molecule has 8 heteroatoms. The summed E-state index contributed by atoms with van der Waals surface area (Å²) in [6.07, 6.45) is -6.26. The van der Waals surface area contributed by atoms with Gasteiger partial charge in [0.2, 0.25) is 6.29 Å². The average Bonchev–Trinajstić information content (AvgIpc) is 2.87. The standard InChI is InChI=1S/C28H33IO6Si/c1-28(2,3)36(21-10-6-4-7-11-21,22-12-8-5-9-13-22)33-18-23-24(30)25(31)26(32)27(35-23)34-20-16-14-19(29)15-17-20/h4-17,23-27,30-32H,18H2,1-3H3/t23-,24-,25+,26+,27+/m1/s1. The fourth-order valence-electron chi connectivity index (χ4n) is 4.77. The molecular weight excluding hydrogens is 587 g/mol. The minimum atomic E-state index is -2.88. The maximum absolute atomic E-state index is 10.8. The van der Waals surface area contributed by atoms with Crippen molar-refractivity contribution in [2.24, 2.45) is 0 Å². The van der Waals surface area contributed by atoms with E-state index in [1.165, 1.54) is 0 Å². The summed E-state index contributed by atoms with van der Waals surface area (Å²) < 4.78 is 19.8. The molecule has 0 radical (unpaired) electrons. The first-order chi connectivity index (χ1) is 17.1. The highest BCUT2D eigenvalue weighted by atomic mass is 127. The van der Waals surface area contributed by atoms with Crippen LogP contribution in [0, 0.1) is 3.57 Å². The summed E-state index contributed by atoms with van der Waals surface area (Å²) in [6.45, 7) is 6.51. The molecular formula is C28H33IO6Si. The van der Waals surface area contributed by atoms with Gasteiger partial charge in [0.15, 0.2) is 0 Å². The summed E-state index contributed by atoms with van der Waals surface area (Å²) in [5.41, 5.74) is 0. The summed E-state index contributed by atoms with van der Waals surface area (Å²) >= 11 is 2.19. The molecule has 0 spiro atoms. The third-order valence-electron chi connectivity index (χ3n) is 6.62. The van der Waals surface area contributed by atoms with E-state index in [1.807, 2.05) is 48.5 Å². The zero-order valence-electron chi connectivity index (χ0n) is 20.6. The third kappa shape index (κ3) is 5.55. The van der Waals surface area contributed by atoms with Gasteiger partial charge in [-0.15, -0.1) is 0 Å². The molecule has 1 heterocycles. The summed E-state index contributed by atoms with van der Waals surface area (Å²) in [6, 6.07) is 27.6. The average molecular weight is 621 g/mol. The Labute approximate surface area is 227 Å². The van der Waals surface area contributed by atoms with Gasteiger partial charge in [0.25, 0.3) is 8.32 Å². The first-order valence-electron chi connectivity index (χ1n) is 12.0. The zero-order chi connectivity index (χ0) is 25.9. The molecule has 0 saturated carbocycles. The minimum Gasteiger partial charge on any atom is -0.462 e. The molecule has 0 aliphatic carbocycles. The highest BCUT2D eigenvalue weighted by Gasteiger charge is 2.52. The van der Waals surface area contributed by atoms with Crippen LogP contribution in [0.5, 0.6) is 5.75 Å². The van der Waals surface area contributed by atoms with Gasteiger partial charge in [-0.3, -0.25) is 0 Å². The molecule has 1 aliphatic rings. The minimum absolute atomic E-state index is 0.0186. The first kappa shape index (κ1) is 27.2. The van der Waals surface area contributed by atoms with Crippen molar-refractivity contribution in [2.75, 3.05) is 6.61 Å².